The lowest BCUT2D eigenvalue weighted by Gasteiger charge is -2.16. The molecule has 1 atom stereocenters. The summed E-state index contributed by atoms with van der Waals surface area (Å²) in [5.41, 5.74) is 2.26. The molecule has 90 valence electrons. The minimum atomic E-state index is 0.126. The lowest BCUT2D eigenvalue weighted by atomic mass is 10.1. The number of rotatable bonds is 7. The van der Waals surface area contributed by atoms with Crippen molar-refractivity contribution in [1.29, 1.82) is 0 Å². The molecule has 2 N–H and O–H groups in total. The van der Waals surface area contributed by atoms with Crippen molar-refractivity contribution in [2.24, 2.45) is 0 Å². The molecule has 0 spiro atoms. The molecule has 1 unspecified atom stereocenters. The fourth-order valence-corrected chi connectivity index (χ4v) is 1.82. The fourth-order valence-electron chi connectivity index (χ4n) is 1.82. The van der Waals surface area contributed by atoms with Crippen molar-refractivity contribution in [1.82, 2.24) is 5.32 Å². The molecule has 0 saturated carbocycles. The molecule has 0 aromatic heterocycles. The highest BCUT2D eigenvalue weighted by molar-refractivity contribution is 5.21. The zero-order valence-electron chi connectivity index (χ0n) is 10.4. The van der Waals surface area contributed by atoms with Crippen molar-refractivity contribution >= 4 is 0 Å². The third-order valence-corrected chi connectivity index (χ3v) is 2.93. The first-order valence-electron chi connectivity index (χ1n) is 6.22. The molecule has 0 radical (unpaired) electrons. The molecular formula is C14H23NO. The van der Waals surface area contributed by atoms with Gasteiger partial charge in [0.25, 0.3) is 0 Å². The maximum atomic E-state index is 8.94. The molecule has 0 heterocycles. The van der Waals surface area contributed by atoms with Gasteiger partial charge in [-0.25, -0.2) is 0 Å². The van der Waals surface area contributed by atoms with Crippen LogP contribution in [0.4, 0.5) is 0 Å². The van der Waals surface area contributed by atoms with Crippen LogP contribution < -0.4 is 5.32 Å². The summed E-state index contributed by atoms with van der Waals surface area (Å²) in [5.74, 6) is 0. The fraction of sp³-hybridized carbons (Fsp3) is 0.571. The van der Waals surface area contributed by atoms with E-state index < -0.39 is 0 Å². The van der Waals surface area contributed by atoms with Crippen LogP contribution in [0.1, 0.15) is 44.2 Å². The van der Waals surface area contributed by atoms with Crippen molar-refractivity contribution in [2.45, 2.75) is 52.3 Å². The number of nitrogens with one attached hydrogen (secondary N) is 1. The van der Waals surface area contributed by atoms with Crippen LogP contribution in [0.3, 0.4) is 0 Å². The van der Waals surface area contributed by atoms with Crippen LogP contribution in [0.25, 0.3) is 0 Å². The zero-order valence-corrected chi connectivity index (χ0v) is 10.4. The molecule has 0 aliphatic carbocycles. The summed E-state index contributed by atoms with van der Waals surface area (Å²) in [6.07, 6.45) is 3.66. The highest BCUT2D eigenvalue weighted by Crippen LogP contribution is 2.06. The smallest absolute Gasteiger partial charge is 0.0681 e. The predicted molar refractivity (Wildman–Crippen MR) is 68.2 cm³/mol. The van der Waals surface area contributed by atoms with E-state index in [-0.39, 0.29) is 6.61 Å². The van der Waals surface area contributed by atoms with E-state index in [1.165, 1.54) is 24.8 Å². The summed E-state index contributed by atoms with van der Waals surface area (Å²) in [6.45, 7) is 5.49. The van der Waals surface area contributed by atoms with Gasteiger partial charge in [0.15, 0.2) is 0 Å². The third kappa shape index (κ3) is 4.33. The van der Waals surface area contributed by atoms with E-state index in [1.54, 1.807) is 0 Å². The third-order valence-electron chi connectivity index (χ3n) is 2.93. The van der Waals surface area contributed by atoms with Crippen LogP contribution in [-0.4, -0.2) is 11.1 Å². The van der Waals surface area contributed by atoms with Crippen molar-refractivity contribution in [2.75, 3.05) is 0 Å². The van der Waals surface area contributed by atoms with Gasteiger partial charge in [0.1, 0.15) is 0 Å². The van der Waals surface area contributed by atoms with Gasteiger partial charge in [0.05, 0.1) is 6.61 Å². The first-order chi connectivity index (χ1) is 7.80. The molecule has 0 amide bonds. The molecule has 0 aliphatic heterocycles. The SMILES string of the molecule is CCCC(CC)NCc1ccc(CO)cc1. The summed E-state index contributed by atoms with van der Waals surface area (Å²) in [4.78, 5) is 0. The highest BCUT2D eigenvalue weighted by atomic mass is 16.3. The van der Waals surface area contributed by atoms with Crippen LogP contribution in [-0.2, 0) is 13.2 Å². The van der Waals surface area contributed by atoms with Crippen LogP contribution >= 0.6 is 0 Å². The van der Waals surface area contributed by atoms with Crippen LogP contribution in [0.15, 0.2) is 24.3 Å². The van der Waals surface area contributed by atoms with Gasteiger partial charge < -0.3 is 10.4 Å². The molecule has 2 nitrogen and oxygen atoms in total. The molecular weight excluding hydrogens is 198 g/mol. The molecule has 1 aromatic carbocycles. The minimum absolute atomic E-state index is 0.126. The molecule has 16 heavy (non-hydrogen) atoms. The maximum absolute atomic E-state index is 8.94. The Morgan fingerprint density at radius 1 is 1.12 bits per heavy atom. The van der Waals surface area contributed by atoms with Gasteiger partial charge in [0, 0.05) is 12.6 Å². The minimum Gasteiger partial charge on any atom is -0.392 e. The van der Waals surface area contributed by atoms with Gasteiger partial charge in [-0.2, -0.15) is 0 Å². The number of hydrogen-bond acceptors (Lipinski definition) is 2. The Bertz CT molecular complexity index is 281. The summed E-state index contributed by atoms with van der Waals surface area (Å²) < 4.78 is 0. The standard InChI is InChI=1S/C14H23NO/c1-3-5-14(4-2)15-10-12-6-8-13(11-16)9-7-12/h6-9,14-16H,3-5,10-11H2,1-2H3. The second-order valence-electron chi connectivity index (χ2n) is 4.25. The zero-order chi connectivity index (χ0) is 11.8. The predicted octanol–water partition coefficient (Wildman–Crippen LogP) is 2.85. The molecule has 1 aromatic rings. The summed E-state index contributed by atoms with van der Waals surface area (Å²) in [5, 5.41) is 12.5. The van der Waals surface area contributed by atoms with Crippen molar-refractivity contribution in [3.8, 4) is 0 Å². The van der Waals surface area contributed by atoms with E-state index in [1.807, 2.05) is 12.1 Å². The Morgan fingerprint density at radius 2 is 1.75 bits per heavy atom. The van der Waals surface area contributed by atoms with Gasteiger partial charge in [-0.1, -0.05) is 44.5 Å². The van der Waals surface area contributed by atoms with Gasteiger partial charge in [-0.3, -0.25) is 0 Å². The highest BCUT2D eigenvalue weighted by Gasteiger charge is 2.03. The van der Waals surface area contributed by atoms with Gasteiger partial charge in [-0.05, 0) is 24.0 Å². The number of aliphatic hydroxyl groups is 1. The molecule has 0 aliphatic rings. The molecule has 1 rings (SSSR count). The van der Waals surface area contributed by atoms with Crippen molar-refractivity contribution < 1.29 is 5.11 Å². The van der Waals surface area contributed by atoms with E-state index >= 15 is 0 Å². The average Bonchev–Trinajstić information content (AvgIpc) is 2.35. The molecule has 0 fully saturated rings. The summed E-state index contributed by atoms with van der Waals surface area (Å²) >= 11 is 0. The van der Waals surface area contributed by atoms with E-state index in [0.717, 1.165) is 12.1 Å². The normalized spacial score (nSPS) is 12.7. The summed E-state index contributed by atoms with van der Waals surface area (Å²) in [6, 6.07) is 8.76. The first-order valence-corrected chi connectivity index (χ1v) is 6.22. The quantitative estimate of drug-likeness (QED) is 0.742. The Balaban J connectivity index is 2.40. The monoisotopic (exact) mass is 221 g/mol. The van der Waals surface area contributed by atoms with E-state index in [2.05, 4.69) is 31.3 Å². The van der Waals surface area contributed by atoms with Gasteiger partial charge >= 0.3 is 0 Å². The summed E-state index contributed by atoms with van der Waals surface area (Å²) in [7, 11) is 0. The number of hydrogen-bond donors (Lipinski definition) is 2. The molecule has 0 saturated heterocycles. The van der Waals surface area contributed by atoms with Crippen molar-refractivity contribution in [3.63, 3.8) is 0 Å². The van der Waals surface area contributed by atoms with E-state index in [0.29, 0.717) is 6.04 Å². The van der Waals surface area contributed by atoms with Crippen LogP contribution in [0.5, 0.6) is 0 Å². The van der Waals surface area contributed by atoms with E-state index in [4.69, 9.17) is 5.11 Å². The Morgan fingerprint density at radius 3 is 2.25 bits per heavy atom. The molecule has 0 bridgehead atoms. The molecule has 2 heteroatoms. The van der Waals surface area contributed by atoms with Crippen LogP contribution in [0.2, 0.25) is 0 Å². The Labute approximate surface area is 98.7 Å². The number of aliphatic hydroxyl groups excluding tert-OH is 1. The maximum Gasteiger partial charge on any atom is 0.0681 e. The largest absolute Gasteiger partial charge is 0.392 e. The van der Waals surface area contributed by atoms with Crippen LogP contribution in [0, 0.1) is 0 Å². The Hall–Kier alpha value is -0.860. The van der Waals surface area contributed by atoms with Gasteiger partial charge in [-0.15, -0.1) is 0 Å². The average molecular weight is 221 g/mol. The lowest BCUT2D eigenvalue weighted by Crippen LogP contribution is -2.27. The Kier molecular flexibility index (Phi) is 6.12. The van der Waals surface area contributed by atoms with Crippen molar-refractivity contribution in [3.05, 3.63) is 35.4 Å². The lowest BCUT2D eigenvalue weighted by molar-refractivity contribution is 0.282. The van der Waals surface area contributed by atoms with Gasteiger partial charge in [0.2, 0.25) is 0 Å². The van der Waals surface area contributed by atoms with E-state index in [9.17, 15) is 0 Å². The second-order valence-corrected chi connectivity index (χ2v) is 4.25. The second kappa shape index (κ2) is 7.42. The number of benzene rings is 1. The topological polar surface area (TPSA) is 32.3 Å². The first kappa shape index (κ1) is 13.2.